The van der Waals surface area contributed by atoms with E-state index in [-0.39, 0.29) is 5.91 Å². The standard InChI is InChI=1S/C15H19NO4/c1-15(2,10-6-4-3-5-7-10)16-13(17)11-8-9-12(20-11)14(18)19/h3-7,11-12H,8-9H2,1-2H3,(H,16,17)(H,18,19)/t11-,12+/m0/s1. The highest BCUT2D eigenvalue weighted by Crippen LogP contribution is 2.23. The normalized spacial score (nSPS) is 22.5. The molecule has 5 heteroatoms. The molecule has 20 heavy (non-hydrogen) atoms. The Hall–Kier alpha value is -1.88. The van der Waals surface area contributed by atoms with E-state index >= 15 is 0 Å². The molecule has 1 aromatic carbocycles. The molecule has 1 aromatic rings. The number of hydrogen-bond donors (Lipinski definition) is 2. The lowest BCUT2D eigenvalue weighted by atomic mass is 9.94. The van der Waals surface area contributed by atoms with E-state index in [0.29, 0.717) is 12.8 Å². The number of rotatable bonds is 4. The summed E-state index contributed by atoms with van der Waals surface area (Å²) in [6.45, 7) is 3.81. The SMILES string of the molecule is CC(C)(NC(=O)[C@@H]1CC[C@H](C(=O)O)O1)c1ccccc1. The molecular weight excluding hydrogens is 258 g/mol. The average molecular weight is 277 g/mol. The first-order valence-corrected chi connectivity index (χ1v) is 6.66. The summed E-state index contributed by atoms with van der Waals surface area (Å²) in [5.74, 6) is -1.27. The largest absolute Gasteiger partial charge is 0.479 e. The molecule has 1 aliphatic heterocycles. The maximum Gasteiger partial charge on any atom is 0.332 e. The van der Waals surface area contributed by atoms with Crippen LogP contribution in [0.25, 0.3) is 0 Å². The van der Waals surface area contributed by atoms with Crippen LogP contribution in [-0.2, 0) is 19.9 Å². The molecule has 1 heterocycles. The fraction of sp³-hybridized carbons (Fsp3) is 0.467. The van der Waals surface area contributed by atoms with Gasteiger partial charge in [0.15, 0.2) is 6.10 Å². The highest BCUT2D eigenvalue weighted by Gasteiger charge is 2.36. The van der Waals surface area contributed by atoms with E-state index in [4.69, 9.17) is 9.84 Å². The number of carbonyl (C=O) groups excluding carboxylic acids is 1. The number of carbonyl (C=O) groups is 2. The van der Waals surface area contributed by atoms with Crippen LogP contribution in [0.5, 0.6) is 0 Å². The Labute approximate surface area is 117 Å². The average Bonchev–Trinajstić information content (AvgIpc) is 2.89. The summed E-state index contributed by atoms with van der Waals surface area (Å²) >= 11 is 0. The molecule has 0 unspecified atom stereocenters. The van der Waals surface area contributed by atoms with Crippen molar-refractivity contribution in [2.75, 3.05) is 0 Å². The van der Waals surface area contributed by atoms with Crippen molar-refractivity contribution in [1.82, 2.24) is 5.32 Å². The second-order valence-corrected chi connectivity index (χ2v) is 5.51. The number of aliphatic carboxylic acids is 1. The summed E-state index contributed by atoms with van der Waals surface area (Å²) in [5, 5.41) is 11.8. The topological polar surface area (TPSA) is 75.6 Å². The van der Waals surface area contributed by atoms with Crippen molar-refractivity contribution in [3.05, 3.63) is 35.9 Å². The zero-order chi connectivity index (χ0) is 14.8. The quantitative estimate of drug-likeness (QED) is 0.877. The third kappa shape index (κ3) is 3.17. The molecule has 0 spiro atoms. The van der Waals surface area contributed by atoms with E-state index < -0.39 is 23.7 Å². The van der Waals surface area contributed by atoms with E-state index in [0.717, 1.165) is 5.56 Å². The van der Waals surface area contributed by atoms with Gasteiger partial charge in [0.2, 0.25) is 5.91 Å². The maximum absolute atomic E-state index is 12.2. The van der Waals surface area contributed by atoms with Crippen LogP contribution in [0.2, 0.25) is 0 Å². The first-order chi connectivity index (χ1) is 9.40. The minimum absolute atomic E-state index is 0.261. The van der Waals surface area contributed by atoms with Crippen molar-refractivity contribution < 1.29 is 19.4 Å². The molecule has 0 saturated carbocycles. The van der Waals surface area contributed by atoms with Gasteiger partial charge >= 0.3 is 5.97 Å². The highest BCUT2D eigenvalue weighted by atomic mass is 16.5. The Morgan fingerprint density at radius 1 is 1.20 bits per heavy atom. The minimum atomic E-state index is -1.01. The first kappa shape index (κ1) is 14.5. The number of amides is 1. The van der Waals surface area contributed by atoms with Gasteiger partial charge < -0.3 is 15.2 Å². The molecule has 1 saturated heterocycles. The van der Waals surface area contributed by atoms with Gasteiger partial charge in [-0.15, -0.1) is 0 Å². The lowest BCUT2D eigenvalue weighted by molar-refractivity contribution is -0.152. The van der Waals surface area contributed by atoms with E-state index in [1.54, 1.807) is 0 Å². The van der Waals surface area contributed by atoms with Gasteiger partial charge in [-0.05, 0) is 32.3 Å². The van der Waals surface area contributed by atoms with Crippen molar-refractivity contribution >= 4 is 11.9 Å². The number of hydrogen-bond acceptors (Lipinski definition) is 3. The molecule has 2 atom stereocenters. The smallest absolute Gasteiger partial charge is 0.332 e. The second-order valence-electron chi connectivity index (χ2n) is 5.51. The van der Waals surface area contributed by atoms with Crippen LogP contribution >= 0.6 is 0 Å². The number of ether oxygens (including phenoxy) is 1. The van der Waals surface area contributed by atoms with Gasteiger partial charge in [-0.2, -0.15) is 0 Å². The van der Waals surface area contributed by atoms with Gasteiger partial charge in [0.1, 0.15) is 6.10 Å². The van der Waals surface area contributed by atoms with Crippen LogP contribution in [0.4, 0.5) is 0 Å². The van der Waals surface area contributed by atoms with Crippen LogP contribution in [0.3, 0.4) is 0 Å². The molecular formula is C15H19NO4. The van der Waals surface area contributed by atoms with Gasteiger partial charge in [-0.3, -0.25) is 4.79 Å². The zero-order valence-corrected chi connectivity index (χ0v) is 11.6. The Kier molecular flexibility index (Phi) is 4.09. The zero-order valence-electron chi connectivity index (χ0n) is 11.6. The third-order valence-corrected chi connectivity index (χ3v) is 3.52. The highest BCUT2D eigenvalue weighted by molar-refractivity contribution is 5.83. The van der Waals surface area contributed by atoms with Gasteiger partial charge in [0.25, 0.3) is 0 Å². The summed E-state index contributed by atoms with van der Waals surface area (Å²) < 4.78 is 5.25. The molecule has 108 valence electrons. The van der Waals surface area contributed by atoms with Crippen LogP contribution in [0, 0.1) is 0 Å². The van der Waals surface area contributed by atoms with Crippen molar-refractivity contribution in [2.24, 2.45) is 0 Å². The summed E-state index contributed by atoms with van der Waals surface area (Å²) in [4.78, 5) is 23.0. The molecule has 1 fully saturated rings. The molecule has 2 rings (SSSR count). The summed E-state index contributed by atoms with van der Waals surface area (Å²) in [5.41, 5.74) is 0.462. The lowest BCUT2D eigenvalue weighted by Gasteiger charge is -2.28. The predicted molar refractivity (Wildman–Crippen MR) is 73.1 cm³/mol. The van der Waals surface area contributed by atoms with E-state index in [9.17, 15) is 9.59 Å². The van der Waals surface area contributed by atoms with Gasteiger partial charge in [-0.25, -0.2) is 4.79 Å². The van der Waals surface area contributed by atoms with Gasteiger partial charge in [0.05, 0.1) is 5.54 Å². The minimum Gasteiger partial charge on any atom is -0.479 e. The molecule has 1 amide bonds. The molecule has 1 aliphatic rings. The van der Waals surface area contributed by atoms with Crippen LogP contribution in [0.1, 0.15) is 32.3 Å². The van der Waals surface area contributed by atoms with Crippen molar-refractivity contribution in [2.45, 2.75) is 44.4 Å². The molecule has 0 aromatic heterocycles. The van der Waals surface area contributed by atoms with E-state index in [1.165, 1.54) is 0 Å². The predicted octanol–water partition coefficient (Wildman–Crippen LogP) is 1.67. The number of benzene rings is 1. The van der Waals surface area contributed by atoms with Gasteiger partial charge in [-0.1, -0.05) is 30.3 Å². The van der Waals surface area contributed by atoms with Crippen LogP contribution < -0.4 is 5.32 Å². The Bertz CT molecular complexity index is 498. The van der Waals surface area contributed by atoms with Crippen molar-refractivity contribution in [1.29, 1.82) is 0 Å². The monoisotopic (exact) mass is 277 g/mol. The number of carboxylic acid groups (broad SMARTS) is 1. The number of carboxylic acids is 1. The molecule has 0 radical (unpaired) electrons. The second kappa shape index (κ2) is 5.63. The Morgan fingerprint density at radius 3 is 2.35 bits per heavy atom. The number of nitrogens with one attached hydrogen (secondary N) is 1. The van der Waals surface area contributed by atoms with Gasteiger partial charge in [0, 0.05) is 0 Å². The lowest BCUT2D eigenvalue weighted by Crippen LogP contribution is -2.46. The summed E-state index contributed by atoms with van der Waals surface area (Å²) in [6.07, 6.45) is -0.739. The third-order valence-electron chi connectivity index (χ3n) is 3.52. The molecule has 2 N–H and O–H groups in total. The maximum atomic E-state index is 12.2. The van der Waals surface area contributed by atoms with Crippen LogP contribution in [-0.4, -0.2) is 29.2 Å². The molecule has 0 bridgehead atoms. The molecule has 5 nitrogen and oxygen atoms in total. The van der Waals surface area contributed by atoms with E-state index in [1.807, 2.05) is 44.2 Å². The Morgan fingerprint density at radius 2 is 1.80 bits per heavy atom. The fourth-order valence-corrected chi connectivity index (χ4v) is 2.33. The van der Waals surface area contributed by atoms with Crippen molar-refractivity contribution in [3.63, 3.8) is 0 Å². The first-order valence-electron chi connectivity index (χ1n) is 6.66. The van der Waals surface area contributed by atoms with Crippen LogP contribution in [0.15, 0.2) is 30.3 Å². The Balaban J connectivity index is 2.00. The van der Waals surface area contributed by atoms with E-state index in [2.05, 4.69) is 5.32 Å². The molecule has 0 aliphatic carbocycles. The van der Waals surface area contributed by atoms with Crippen molar-refractivity contribution in [3.8, 4) is 0 Å². The fourth-order valence-electron chi connectivity index (χ4n) is 2.33. The summed E-state index contributed by atoms with van der Waals surface area (Å²) in [7, 11) is 0. The summed E-state index contributed by atoms with van der Waals surface area (Å²) in [6, 6.07) is 9.62.